The molecule has 2 N–H and O–H groups in total. The predicted molar refractivity (Wildman–Crippen MR) is 65.6 cm³/mol. The molecule has 0 fully saturated rings. The third kappa shape index (κ3) is 3.51. The van der Waals surface area contributed by atoms with Crippen LogP contribution in [0.5, 0.6) is 5.75 Å². The van der Waals surface area contributed by atoms with Crippen LogP contribution < -0.4 is 10.1 Å². The number of aliphatic hydroxyl groups is 1. The molecule has 0 radical (unpaired) electrons. The van der Waals surface area contributed by atoms with Gasteiger partial charge in [-0.05, 0) is 38.5 Å². The number of benzene rings is 1. The van der Waals surface area contributed by atoms with Crippen molar-refractivity contribution in [3.05, 3.63) is 29.8 Å². The SMILES string of the molecule is COc1ccc(CNC(C)(C)C(C)O)cc1. The summed E-state index contributed by atoms with van der Waals surface area (Å²) in [6, 6.07) is 7.91. The van der Waals surface area contributed by atoms with Crippen molar-refractivity contribution in [1.29, 1.82) is 0 Å². The average Bonchev–Trinajstić information content (AvgIpc) is 2.27. The number of ether oxygens (including phenoxy) is 1. The van der Waals surface area contributed by atoms with E-state index >= 15 is 0 Å². The Balaban J connectivity index is 2.54. The lowest BCUT2D eigenvalue weighted by molar-refractivity contribution is 0.0956. The lowest BCUT2D eigenvalue weighted by Gasteiger charge is -2.29. The molecule has 1 atom stereocenters. The second-order valence-electron chi connectivity index (χ2n) is 4.60. The molecule has 0 spiro atoms. The highest BCUT2D eigenvalue weighted by atomic mass is 16.5. The van der Waals surface area contributed by atoms with Crippen molar-refractivity contribution in [1.82, 2.24) is 5.32 Å². The van der Waals surface area contributed by atoms with Gasteiger partial charge in [0.05, 0.1) is 13.2 Å². The molecule has 1 unspecified atom stereocenters. The Hall–Kier alpha value is -1.06. The monoisotopic (exact) mass is 223 g/mol. The normalized spacial score (nSPS) is 13.6. The number of hydrogen-bond donors (Lipinski definition) is 2. The summed E-state index contributed by atoms with van der Waals surface area (Å²) < 4.78 is 5.09. The van der Waals surface area contributed by atoms with Gasteiger partial charge in [-0.3, -0.25) is 0 Å². The average molecular weight is 223 g/mol. The van der Waals surface area contributed by atoms with E-state index in [0.717, 1.165) is 12.3 Å². The first-order valence-electron chi connectivity index (χ1n) is 5.52. The van der Waals surface area contributed by atoms with Gasteiger partial charge in [0.1, 0.15) is 5.75 Å². The Morgan fingerprint density at radius 3 is 2.31 bits per heavy atom. The topological polar surface area (TPSA) is 41.5 Å². The summed E-state index contributed by atoms with van der Waals surface area (Å²) in [4.78, 5) is 0. The van der Waals surface area contributed by atoms with Gasteiger partial charge < -0.3 is 15.2 Å². The fourth-order valence-electron chi connectivity index (χ4n) is 1.22. The third-order valence-electron chi connectivity index (χ3n) is 2.95. The van der Waals surface area contributed by atoms with Gasteiger partial charge in [0.25, 0.3) is 0 Å². The van der Waals surface area contributed by atoms with Crippen LogP contribution in [0.25, 0.3) is 0 Å². The molecular weight excluding hydrogens is 202 g/mol. The van der Waals surface area contributed by atoms with Crippen molar-refractivity contribution in [3.63, 3.8) is 0 Å². The van der Waals surface area contributed by atoms with Crippen LogP contribution in [-0.4, -0.2) is 23.9 Å². The van der Waals surface area contributed by atoms with Crippen LogP contribution in [0.15, 0.2) is 24.3 Å². The molecule has 0 aliphatic rings. The minimum Gasteiger partial charge on any atom is -0.497 e. The van der Waals surface area contributed by atoms with Crippen molar-refractivity contribution in [2.45, 2.75) is 39.0 Å². The minimum atomic E-state index is -0.384. The summed E-state index contributed by atoms with van der Waals surface area (Å²) in [6.07, 6.45) is -0.384. The molecule has 1 aromatic carbocycles. The van der Waals surface area contributed by atoms with Crippen LogP contribution in [0.3, 0.4) is 0 Å². The quantitative estimate of drug-likeness (QED) is 0.801. The molecule has 0 bridgehead atoms. The molecule has 0 saturated carbocycles. The van der Waals surface area contributed by atoms with Crippen molar-refractivity contribution in [2.24, 2.45) is 0 Å². The van der Waals surface area contributed by atoms with E-state index in [1.54, 1.807) is 14.0 Å². The number of aliphatic hydroxyl groups excluding tert-OH is 1. The van der Waals surface area contributed by atoms with E-state index in [-0.39, 0.29) is 11.6 Å². The van der Waals surface area contributed by atoms with E-state index in [1.807, 2.05) is 38.1 Å². The molecule has 0 aliphatic carbocycles. The standard InChI is InChI=1S/C13H21NO2/c1-10(15)13(2,3)14-9-11-5-7-12(16-4)8-6-11/h5-8,10,14-15H,9H2,1-4H3. The zero-order valence-electron chi connectivity index (χ0n) is 10.4. The summed E-state index contributed by atoms with van der Waals surface area (Å²) in [5, 5.41) is 12.9. The number of methoxy groups -OCH3 is 1. The van der Waals surface area contributed by atoms with Gasteiger partial charge >= 0.3 is 0 Å². The van der Waals surface area contributed by atoms with Crippen LogP contribution in [0.1, 0.15) is 26.3 Å². The maximum absolute atomic E-state index is 9.56. The molecule has 0 heterocycles. The molecule has 0 aliphatic heterocycles. The van der Waals surface area contributed by atoms with Gasteiger partial charge in [0, 0.05) is 12.1 Å². The summed E-state index contributed by atoms with van der Waals surface area (Å²) in [6.45, 7) is 6.51. The number of hydrogen-bond acceptors (Lipinski definition) is 3. The molecule has 0 aromatic heterocycles. The van der Waals surface area contributed by atoms with Crippen LogP contribution in [0, 0.1) is 0 Å². The zero-order valence-corrected chi connectivity index (χ0v) is 10.4. The molecule has 0 saturated heterocycles. The minimum absolute atomic E-state index is 0.278. The molecule has 1 rings (SSSR count). The van der Waals surface area contributed by atoms with E-state index in [1.165, 1.54) is 5.56 Å². The fourth-order valence-corrected chi connectivity index (χ4v) is 1.22. The second kappa shape index (κ2) is 5.32. The number of rotatable bonds is 5. The van der Waals surface area contributed by atoms with E-state index in [4.69, 9.17) is 4.74 Å². The zero-order chi connectivity index (χ0) is 12.2. The van der Waals surface area contributed by atoms with Gasteiger partial charge in [-0.2, -0.15) is 0 Å². The first-order valence-corrected chi connectivity index (χ1v) is 5.52. The summed E-state index contributed by atoms with van der Waals surface area (Å²) in [5.41, 5.74) is 0.898. The lowest BCUT2D eigenvalue weighted by Crippen LogP contribution is -2.47. The molecule has 0 amide bonds. The Bertz CT molecular complexity index is 317. The highest BCUT2D eigenvalue weighted by Gasteiger charge is 2.22. The highest BCUT2D eigenvalue weighted by Crippen LogP contribution is 2.13. The molecule has 16 heavy (non-hydrogen) atoms. The Morgan fingerprint density at radius 2 is 1.88 bits per heavy atom. The summed E-state index contributed by atoms with van der Waals surface area (Å²) in [5.74, 6) is 0.860. The summed E-state index contributed by atoms with van der Waals surface area (Å²) in [7, 11) is 1.66. The van der Waals surface area contributed by atoms with E-state index in [2.05, 4.69) is 5.32 Å². The van der Waals surface area contributed by atoms with Crippen LogP contribution in [-0.2, 0) is 6.54 Å². The first-order chi connectivity index (χ1) is 7.45. The van der Waals surface area contributed by atoms with Gasteiger partial charge in [0.15, 0.2) is 0 Å². The van der Waals surface area contributed by atoms with Gasteiger partial charge in [0.2, 0.25) is 0 Å². The molecule has 1 aromatic rings. The molecule has 3 heteroatoms. The lowest BCUT2D eigenvalue weighted by atomic mass is 9.98. The molecule has 3 nitrogen and oxygen atoms in total. The van der Waals surface area contributed by atoms with Crippen LogP contribution in [0.4, 0.5) is 0 Å². The van der Waals surface area contributed by atoms with Crippen molar-refractivity contribution >= 4 is 0 Å². The highest BCUT2D eigenvalue weighted by molar-refractivity contribution is 5.27. The van der Waals surface area contributed by atoms with Crippen molar-refractivity contribution < 1.29 is 9.84 Å². The largest absolute Gasteiger partial charge is 0.497 e. The smallest absolute Gasteiger partial charge is 0.118 e. The summed E-state index contributed by atoms with van der Waals surface area (Å²) >= 11 is 0. The van der Waals surface area contributed by atoms with Gasteiger partial charge in [-0.25, -0.2) is 0 Å². The van der Waals surface area contributed by atoms with Crippen molar-refractivity contribution in [2.75, 3.05) is 7.11 Å². The number of nitrogens with one attached hydrogen (secondary N) is 1. The fraction of sp³-hybridized carbons (Fsp3) is 0.538. The molecule has 90 valence electrons. The molecular formula is C13H21NO2. The van der Waals surface area contributed by atoms with Crippen molar-refractivity contribution in [3.8, 4) is 5.75 Å². The Kier molecular flexibility index (Phi) is 4.33. The van der Waals surface area contributed by atoms with Gasteiger partial charge in [-0.1, -0.05) is 12.1 Å². The first kappa shape index (κ1) is 13.0. The Labute approximate surface area is 97.4 Å². The van der Waals surface area contributed by atoms with E-state index in [0.29, 0.717) is 0 Å². The van der Waals surface area contributed by atoms with E-state index < -0.39 is 0 Å². The maximum atomic E-state index is 9.56. The van der Waals surface area contributed by atoms with Gasteiger partial charge in [-0.15, -0.1) is 0 Å². The van der Waals surface area contributed by atoms with Crippen LogP contribution >= 0.6 is 0 Å². The predicted octanol–water partition coefficient (Wildman–Crippen LogP) is 1.94. The Morgan fingerprint density at radius 1 is 1.31 bits per heavy atom. The third-order valence-corrected chi connectivity index (χ3v) is 2.95. The second-order valence-corrected chi connectivity index (χ2v) is 4.60. The van der Waals surface area contributed by atoms with E-state index in [9.17, 15) is 5.11 Å². The maximum Gasteiger partial charge on any atom is 0.118 e. The van der Waals surface area contributed by atoms with Crippen LogP contribution in [0.2, 0.25) is 0 Å².